The van der Waals surface area contributed by atoms with Crippen molar-refractivity contribution in [2.75, 3.05) is 26.7 Å². The minimum Gasteiger partial charge on any atom is -0.497 e. The van der Waals surface area contributed by atoms with Gasteiger partial charge in [0.1, 0.15) is 11.5 Å². The second-order valence-electron chi connectivity index (χ2n) is 9.29. The number of furan rings is 1. The van der Waals surface area contributed by atoms with Crippen LogP contribution in [-0.2, 0) is 19.6 Å². The van der Waals surface area contributed by atoms with E-state index in [9.17, 15) is 4.79 Å². The van der Waals surface area contributed by atoms with E-state index >= 15 is 0 Å². The summed E-state index contributed by atoms with van der Waals surface area (Å²) in [6.45, 7) is 11.7. The van der Waals surface area contributed by atoms with Crippen molar-refractivity contribution in [3.05, 3.63) is 89.4 Å². The number of carbonyl (C=O) groups is 1. The predicted octanol–water partition coefficient (Wildman–Crippen LogP) is 5.73. The topological polar surface area (TPSA) is 58.0 Å². The molecule has 0 fully saturated rings. The van der Waals surface area contributed by atoms with Crippen LogP contribution in [0.3, 0.4) is 0 Å². The van der Waals surface area contributed by atoms with Crippen molar-refractivity contribution in [1.82, 2.24) is 15.1 Å². The Morgan fingerprint density at radius 2 is 1.56 bits per heavy atom. The van der Waals surface area contributed by atoms with Gasteiger partial charge in [0.2, 0.25) is 0 Å². The van der Waals surface area contributed by atoms with E-state index in [1.165, 1.54) is 11.1 Å². The molecule has 0 radical (unpaired) electrons. The fraction of sp³-hybridized carbons (Fsp3) is 0.433. The van der Waals surface area contributed by atoms with Crippen LogP contribution in [-0.4, -0.2) is 48.5 Å². The van der Waals surface area contributed by atoms with E-state index in [0.29, 0.717) is 12.3 Å². The van der Waals surface area contributed by atoms with E-state index in [-0.39, 0.29) is 11.9 Å². The van der Waals surface area contributed by atoms with E-state index < -0.39 is 0 Å². The fourth-order valence-corrected chi connectivity index (χ4v) is 4.33. The van der Waals surface area contributed by atoms with Gasteiger partial charge in [-0.2, -0.15) is 0 Å². The molecule has 1 aromatic heterocycles. The molecule has 0 aliphatic rings. The summed E-state index contributed by atoms with van der Waals surface area (Å²) in [6.07, 6.45) is 2.01. The van der Waals surface area contributed by atoms with Crippen molar-refractivity contribution in [1.29, 1.82) is 0 Å². The normalized spacial score (nSPS) is 12.2. The third-order valence-corrected chi connectivity index (χ3v) is 6.46. The molecule has 194 valence electrons. The summed E-state index contributed by atoms with van der Waals surface area (Å²) >= 11 is 0. The van der Waals surface area contributed by atoms with Crippen LogP contribution in [0.4, 0.5) is 0 Å². The number of hydrogen-bond donors (Lipinski definition) is 1. The highest BCUT2D eigenvalue weighted by Crippen LogP contribution is 2.18. The van der Waals surface area contributed by atoms with Crippen LogP contribution in [0.25, 0.3) is 0 Å². The maximum Gasteiger partial charge on any atom is 0.287 e. The molecule has 2 aromatic carbocycles. The average Bonchev–Trinajstić information content (AvgIpc) is 3.36. The van der Waals surface area contributed by atoms with Crippen LogP contribution < -0.4 is 10.1 Å². The predicted molar refractivity (Wildman–Crippen MR) is 145 cm³/mol. The molecule has 3 aromatic rings. The monoisotopic (exact) mass is 491 g/mol. The molecule has 6 nitrogen and oxygen atoms in total. The van der Waals surface area contributed by atoms with Crippen molar-refractivity contribution < 1.29 is 13.9 Å². The number of methoxy groups -OCH3 is 1. The van der Waals surface area contributed by atoms with Crippen LogP contribution >= 0.6 is 0 Å². The van der Waals surface area contributed by atoms with Gasteiger partial charge in [-0.3, -0.25) is 9.69 Å². The van der Waals surface area contributed by atoms with Gasteiger partial charge in [-0.05, 0) is 74.8 Å². The van der Waals surface area contributed by atoms with E-state index in [4.69, 9.17) is 9.15 Å². The van der Waals surface area contributed by atoms with E-state index in [1.54, 1.807) is 13.2 Å². The third-order valence-electron chi connectivity index (χ3n) is 6.46. The Morgan fingerprint density at radius 3 is 2.19 bits per heavy atom. The molecule has 0 saturated carbocycles. The van der Waals surface area contributed by atoms with Crippen molar-refractivity contribution in [3.8, 4) is 5.75 Å². The average molecular weight is 492 g/mol. The largest absolute Gasteiger partial charge is 0.497 e. The zero-order valence-corrected chi connectivity index (χ0v) is 22.2. The molecule has 0 saturated heterocycles. The van der Waals surface area contributed by atoms with E-state index in [0.717, 1.165) is 57.1 Å². The lowest BCUT2D eigenvalue weighted by molar-refractivity contribution is 0.0904. The first-order valence-electron chi connectivity index (χ1n) is 13.0. The van der Waals surface area contributed by atoms with Crippen molar-refractivity contribution in [2.45, 2.75) is 59.3 Å². The molecular formula is C30H41N3O3. The second-order valence-corrected chi connectivity index (χ2v) is 9.29. The van der Waals surface area contributed by atoms with Gasteiger partial charge < -0.3 is 19.4 Å². The van der Waals surface area contributed by atoms with Crippen LogP contribution in [0.2, 0.25) is 0 Å². The number of carbonyl (C=O) groups excluding carboxylic acids is 1. The number of ether oxygens (including phenoxy) is 1. The Bertz CT molecular complexity index is 1030. The number of rotatable bonds is 15. The molecule has 1 heterocycles. The molecule has 0 aliphatic heterocycles. The van der Waals surface area contributed by atoms with Gasteiger partial charge in [-0.15, -0.1) is 0 Å². The molecule has 3 rings (SSSR count). The van der Waals surface area contributed by atoms with Crippen molar-refractivity contribution >= 4 is 5.91 Å². The summed E-state index contributed by atoms with van der Waals surface area (Å²) in [5, 5.41) is 3.09. The molecule has 36 heavy (non-hydrogen) atoms. The quantitative estimate of drug-likeness (QED) is 0.294. The molecule has 1 N–H and O–H groups in total. The molecule has 0 aliphatic carbocycles. The summed E-state index contributed by atoms with van der Waals surface area (Å²) in [5.41, 5.74) is 2.42. The van der Waals surface area contributed by atoms with E-state index in [1.807, 2.05) is 24.3 Å². The van der Waals surface area contributed by atoms with Gasteiger partial charge in [0.15, 0.2) is 5.76 Å². The fourth-order valence-electron chi connectivity index (χ4n) is 4.33. The van der Waals surface area contributed by atoms with E-state index in [2.05, 4.69) is 72.3 Å². The third kappa shape index (κ3) is 8.85. The number of nitrogens with one attached hydrogen (secondary N) is 1. The smallest absolute Gasteiger partial charge is 0.287 e. The zero-order valence-electron chi connectivity index (χ0n) is 22.2. The molecule has 0 spiro atoms. The summed E-state index contributed by atoms with van der Waals surface area (Å²) in [6, 6.07) is 22.3. The highest BCUT2D eigenvalue weighted by atomic mass is 16.5. The number of amides is 1. The molecule has 1 atom stereocenters. The Kier molecular flexibility index (Phi) is 11.0. The van der Waals surface area contributed by atoms with Gasteiger partial charge in [-0.25, -0.2) is 0 Å². The van der Waals surface area contributed by atoms with Gasteiger partial charge in [0.25, 0.3) is 5.91 Å². The summed E-state index contributed by atoms with van der Waals surface area (Å²) < 4.78 is 11.3. The van der Waals surface area contributed by atoms with Gasteiger partial charge >= 0.3 is 0 Å². The first-order valence-corrected chi connectivity index (χ1v) is 13.0. The molecule has 1 amide bonds. The Labute approximate surface area is 216 Å². The second kappa shape index (κ2) is 14.5. The van der Waals surface area contributed by atoms with Crippen LogP contribution in [0.15, 0.2) is 71.1 Å². The minimum atomic E-state index is -0.152. The lowest BCUT2D eigenvalue weighted by atomic mass is 10.1. The molecule has 1 unspecified atom stereocenters. The first kappa shape index (κ1) is 27.5. The number of hydrogen-bond acceptors (Lipinski definition) is 5. The molecular weight excluding hydrogens is 450 g/mol. The first-order chi connectivity index (χ1) is 17.5. The van der Waals surface area contributed by atoms with Gasteiger partial charge in [-0.1, -0.05) is 56.3 Å². The Hall–Kier alpha value is -3.09. The Balaban J connectivity index is 1.59. The Morgan fingerprint density at radius 1 is 0.889 bits per heavy atom. The maximum atomic E-state index is 12.8. The zero-order chi connectivity index (χ0) is 25.8. The lowest BCUT2D eigenvalue weighted by Crippen LogP contribution is -2.33. The van der Waals surface area contributed by atoms with Crippen molar-refractivity contribution in [2.24, 2.45) is 0 Å². The standard InChI is InChI=1S/C30H41N3O3/c1-5-32(6-2)20-10-11-24(3)31-30(34)29-19-18-28(36-29)23-33(21-25-12-8-7-9-13-25)22-26-14-16-27(35-4)17-15-26/h7-9,12-19,24H,5-6,10-11,20-23H2,1-4H3,(H,31,34). The van der Waals surface area contributed by atoms with Crippen LogP contribution in [0, 0.1) is 0 Å². The van der Waals surface area contributed by atoms with Crippen LogP contribution in [0.1, 0.15) is 61.1 Å². The van der Waals surface area contributed by atoms with Crippen molar-refractivity contribution in [3.63, 3.8) is 0 Å². The number of benzene rings is 2. The lowest BCUT2D eigenvalue weighted by Gasteiger charge is -2.22. The summed E-state index contributed by atoms with van der Waals surface area (Å²) in [7, 11) is 1.68. The van der Waals surface area contributed by atoms with Gasteiger partial charge in [0, 0.05) is 19.1 Å². The highest BCUT2D eigenvalue weighted by Gasteiger charge is 2.16. The molecule has 0 bridgehead atoms. The van der Waals surface area contributed by atoms with Gasteiger partial charge in [0.05, 0.1) is 13.7 Å². The summed E-state index contributed by atoms with van der Waals surface area (Å²) in [4.78, 5) is 17.5. The maximum absolute atomic E-state index is 12.8. The highest BCUT2D eigenvalue weighted by molar-refractivity contribution is 5.91. The SMILES string of the molecule is CCN(CC)CCCC(C)NC(=O)c1ccc(CN(Cc2ccccc2)Cc2ccc(OC)cc2)o1. The minimum absolute atomic E-state index is 0.103. The number of nitrogens with zero attached hydrogens (tertiary/aromatic N) is 2. The van der Waals surface area contributed by atoms with Crippen LogP contribution in [0.5, 0.6) is 5.75 Å². The molecule has 6 heteroatoms. The summed E-state index contributed by atoms with van der Waals surface area (Å²) in [5.74, 6) is 1.84.